The van der Waals surface area contributed by atoms with Crippen LogP contribution in [0.5, 0.6) is 11.5 Å². The molecule has 0 aromatic heterocycles. The first-order valence-corrected chi connectivity index (χ1v) is 5.86. The zero-order chi connectivity index (χ0) is 12.0. The number of ether oxygens (including phenoxy) is 2. The molecule has 1 aromatic carbocycles. The van der Waals surface area contributed by atoms with Crippen molar-refractivity contribution < 1.29 is 9.47 Å². The molecular weight excluding hydrogens is 202 g/mol. The van der Waals surface area contributed by atoms with Crippen LogP contribution < -0.4 is 15.2 Å². The minimum absolute atomic E-state index is 0.225. The van der Waals surface area contributed by atoms with E-state index < -0.39 is 0 Å². The molecule has 0 saturated heterocycles. The summed E-state index contributed by atoms with van der Waals surface area (Å²) in [6.07, 6.45) is 2.39. The van der Waals surface area contributed by atoms with Crippen LogP contribution >= 0.6 is 0 Å². The second-order valence-electron chi connectivity index (χ2n) is 3.85. The van der Waals surface area contributed by atoms with Gasteiger partial charge in [0, 0.05) is 6.07 Å². The summed E-state index contributed by atoms with van der Waals surface area (Å²) in [6, 6.07) is 5.55. The highest BCUT2D eigenvalue weighted by molar-refractivity contribution is 5.55. The molecule has 0 aliphatic rings. The van der Waals surface area contributed by atoms with Gasteiger partial charge in [-0.05, 0) is 32.4 Å². The van der Waals surface area contributed by atoms with Crippen LogP contribution in [0.3, 0.4) is 0 Å². The average molecular weight is 223 g/mol. The van der Waals surface area contributed by atoms with Crippen LogP contribution in [0.2, 0.25) is 0 Å². The Balaban J connectivity index is 2.70. The Morgan fingerprint density at radius 3 is 2.69 bits per heavy atom. The predicted molar refractivity (Wildman–Crippen MR) is 67.0 cm³/mol. The Hall–Kier alpha value is -1.38. The Kier molecular flexibility index (Phi) is 4.96. The van der Waals surface area contributed by atoms with Gasteiger partial charge in [-0.3, -0.25) is 0 Å². The van der Waals surface area contributed by atoms with Crippen molar-refractivity contribution in [1.82, 2.24) is 0 Å². The molecule has 3 nitrogen and oxygen atoms in total. The van der Waals surface area contributed by atoms with Crippen molar-refractivity contribution in [2.75, 3.05) is 12.3 Å². The van der Waals surface area contributed by atoms with E-state index >= 15 is 0 Å². The number of rotatable bonds is 6. The Bertz CT molecular complexity index is 326. The maximum Gasteiger partial charge on any atom is 0.145 e. The molecule has 2 N–H and O–H groups in total. The minimum atomic E-state index is 0.225. The standard InChI is InChI=1S/C13H21NO2/c1-4-6-10(3)16-11-7-8-12(14)13(9-11)15-5-2/h7-10H,4-6,14H2,1-3H3. The molecule has 0 fully saturated rings. The second kappa shape index (κ2) is 6.26. The van der Waals surface area contributed by atoms with E-state index in [4.69, 9.17) is 15.2 Å². The van der Waals surface area contributed by atoms with Gasteiger partial charge < -0.3 is 15.2 Å². The van der Waals surface area contributed by atoms with E-state index in [1.807, 2.05) is 25.1 Å². The largest absolute Gasteiger partial charge is 0.492 e. The van der Waals surface area contributed by atoms with Crippen LogP contribution in [-0.4, -0.2) is 12.7 Å². The minimum Gasteiger partial charge on any atom is -0.492 e. The highest BCUT2D eigenvalue weighted by atomic mass is 16.5. The van der Waals surface area contributed by atoms with Crippen molar-refractivity contribution in [3.05, 3.63) is 18.2 Å². The fourth-order valence-electron chi connectivity index (χ4n) is 1.57. The quantitative estimate of drug-likeness (QED) is 0.753. The lowest BCUT2D eigenvalue weighted by Gasteiger charge is -2.15. The zero-order valence-corrected chi connectivity index (χ0v) is 10.3. The highest BCUT2D eigenvalue weighted by Gasteiger charge is 2.06. The first-order chi connectivity index (χ1) is 7.67. The number of nitrogen functional groups attached to an aromatic ring is 1. The summed E-state index contributed by atoms with van der Waals surface area (Å²) in [5, 5.41) is 0. The van der Waals surface area contributed by atoms with E-state index in [1.165, 1.54) is 0 Å². The molecule has 1 atom stereocenters. The molecule has 16 heavy (non-hydrogen) atoms. The molecule has 0 amide bonds. The van der Waals surface area contributed by atoms with E-state index in [0.29, 0.717) is 18.0 Å². The summed E-state index contributed by atoms with van der Waals surface area (Å²) < 4.78 is 11.2. The van der Waals surface area contributed by atoms with E-state index in [-0.39, 0.29) is 6.10 Å². The van der Waals surface area contributed by atoms with E-state index in [0.717, 1.165) is 18.6 Å². The highest BCUT2D eigenvalue weighted by Crippen LogP contribution is 2.27. The molecule has 90 valence electrons. The molecule has 0 heterocycles. The van der Waals surface area contributed by atoms with Gasteiger partial charge in [-0.2, -0.15) is 0 Å². The van der Waals surface area contributed by atoms with Gasteiger partial charge in [-0.15, -0.1) is 0 Å². The maximum absolute atomic E-state index is 5.78. The normalized spacial score (nSPS) is 12.2. The molecule has 0 spiro atoms. The van der Waals surface area contributed by atoms with Crippen LogP contribution in [0.4, 0.5) is 5.69 Å². The molecule has 0 saturated carbocycles. The van der Waals surface area contributed by atoms with E-state index in [2.05, 4.69) is 13.8 Å². The van der Waals surface area contributed by atoms with Gasteiger partial charge in [0.2, 0.25) is 0 Å². The summed E-state index contributed by atoms with van der Waals surface area (Å²) in [6.45, 7) is 6.76. The van der Waals surface area contributed by atoms with Gasteiger partial charge in [0.15, 0.2) is 0 Å². The topological polar surface area (TPSA) is 44.5 Å². The Labute approximate surface area is 97.6 Å². The van der Waals surface area contributed by atoms with Gasteiger partial charge in [0.25, 0.3) is 0 Å². The van der Waals surface area contributed by atoms with Gasteiger partial charge in [0.1, 0.15) is 11.5 Å². The van der Waals surface area contributed by atoms with Crippen LogP contribution in [0.1, 0.15) is 33.6 Å². The third-order valence-corrected chi connectivity index (χ3v) is 2.32. The number of hydrogen-bond acceptors (Lipinski definition) is 3. The van der Waals surface area contributed by atoms with Crippen molar-refractivity contribution in [2.45, 2.75) is 39.7 Å². The fourth-order valence-corrected chi connectivity index (χ4v) is 1.57. The third-order valence-electron chi connectivity index (χ3n) is 2.32. The van der Waals surface area contributed by atoms with E-state index in [9.17, 15) is 0 Å². The molecular formula is C13H21NO2. The van der Waals surface area contributed by atoms with Crippen molar-refractivity contribution in [3.63, 3.8) is 0 Å². The van der Waals surface area contributed by atoms with Crippen LogP contribution in [0.25, 0.3) is 0 Å². The lowest BCUT2D eigenvalue weighted by Crippen LogP contribution is -2.11. The zero-order valence-electron chi connectivity index (χ0n) is 10.3. The SMILES string of the molecule is CCCC(C)Oc1ccc(N)c(OCC)c1. The number of hydrogen-bond donors (Lipinski definition) is 1. The van der Waals surface area contributed by atoms with Gasteiger partial charge in [-0.25, -0.2) is 0 Å². The first-order valence-electron chi connectivity index (χ1n) is 5.86. The number of benzene rings is 1. The lowest BCUT2D eigenvalue weighted by atomic mass is 10.2. The Morgan fingerprint density at radius 2 is 2.06 bits per heavy atom. The summed E-state index contributed by atoms with van der Waals surface area (Å²) in [5.74, 6) is 1.52. The van der Waals surface area contributed by atoms with Crippen LogP contribution in [0.15, 0.2) is 18.2 Å². The molecule has 3 heteroatoms. The second-order valence-corrected chi connectivity index (χ2v) is 3.85. The van der Waals surface area contributed by atoms with Gasteiger partial charge >= 0.3 is 0 Å². The summed E-state index contributed by atoms with van der Waals surface area (Å²) in [5.41, 5.74) is 6.43. The van der Waals surface area contributed by atoms with Crippen molar-refractivity contribution in [3.8, 4) is 11.5 Å². The Morgan fingerprint density at radius 1 is 1.31 bits per heavy atom. The molecule has 0 aliphatic carbocycles. The van der Waals surface area contributed by atoms with Crippen molar-refractivity contribution in [2.24, 2.45) is 0 Å². The third kappa shape index (κ3) is 3.65. The molecule has 0 bridgehead atoms. The number of anilines is 1. The molecule has 1 aromatic rings. The lowest BCUT2D eigenvalue weighted by molar-refractivity contribution is 0.209. The fraction of sp³-hybridized carbons (Fsp3) is 0.538. The summed E-state index contributed by atoms with van der Waals surface area (Å²) >= 11 is 0. The smallest absolute Gasteiger partial charge is 0.145 e. The molecule has 0 radical (unpaired) electrons. The number of nitrogens with two attached hydrogens (primary N) is 1. The molecule has 0 aliphatic heterocycles. The molecule has 1 rings (SSSR count). The van der Waals surface area contributed by atoms with Gasteiger partial charge in [0.05, 0.1) is 18.4 Å². The van der Waals surface area contributed by atoms with Crippen molar-refractivity contribution >= 4 is 5.69 Å². The van der Waals surface area contributed by atoms with Crippen LogP contribution in [0, 0.1) is 0 Å². The summed E-state index contributed by atoms with van der Waals surface area (Å²) in [7, 11) is 0. The monoisotopic (exact) mass is 223 g/mol. The molecule has 1 unspecified atom stereocenters. The maximum atomic E-state index is 5.78. The predicted octanol–water partition coefficient (Wildman–Crippen LogP) is 3.23. The van der Waals surface area contributed by atoms with Crippen LogP contribution in [-0.2, 0) is 0 Å². The summed E-state index contributed by atoms with van der Waals surface area (Å²) in [4.78, 5) is 0. The van der Waals surface area contributed by atoms with Gasteiger partial charge in [-0.1, -0.05) is 13.3 Å². The first kappa shape index (κ1) is 12.7. The van der Waals surface area contributed by atoms with E-state index in [1.54, 1.807) is 0 Å². The average Bonchev–Trinajstić information content (AvgIpc) is 2.24. The van der Waals surface area contributed by atoms with Crippen molar-refractivity contribution in [1.29, 1.82) is 0 Å².